The van der Waals surface area contributed by atoms with E-state index >= 15 is 0 Å². The van der Waals surface area contributed by atoms with E-state index in [0.717, 1.165) is 22.0 Å². The van der Waals surface area contributed by atoms with Gasteiger partial charge in [-0.25, -0.2) is 14.4 Å². The standard InChI is InChI=1S/C15H9ClFN2/c1-9-2-7-12-13(8-9)18-15(19-14(12)16)10-3-5-11(17)6-4-10/h2-8H,1H2. The zero-order chi connectivity index (χ0) is 13.4. The van der Waals surface area contributed by atoms with Crippen molar-refractivity contribution in [1.82, 2.24) is 9.97 Å². The summed E-state index contributed by atoms with van der Waals surface area (Å²) in [5, 5.41) is 1.16. The quantitative estimate of drug-likeness (QED) is 0.618. The van der Waals surface area contributed by atoms with E-state index in [1.807, 2.05) is 18.2 Å². The third kappa shape index (κ3) is 2.29. The highest BCUT2D eigenvalue weighted by Gasteiger charge is 2.08. The predicted octanol–water partition coefficient (Wildman–Crippen LogP) is 4.27. The molecular formula is C15H9ClFN2. The molecule has 2 nitrogen and oxygen atoms in total. The van der Waals surface area contributed by atoms with Crippen LogP contribution in [0.5, 0.6) is 0 Å². The minimum absolute atomic E-state index is 0.296. The lowest BCUT2D eigenvalue weighted by atomic mass is 10.1. The van der Waals surface area contributed by atoms with Gasteiger partial charge in [-0.1, -0.05) is 17.7 Å². The van der Waals surface area contributed by atoms with E-state index in [0.29, 0.717) is 11.0 Å². The van der Waals surface area contributed by atoms with Gasteiger partial charge < -0.3 is 0 Å². The molecule has 19 heavy (non-hydrogen) atoms. The fourth-order valence-electron chi connectivity index (χ4n) is 1.86. The van der Waals surface area contributed by atoms with Crippen LogP contribution in [0.25, 0.3) is 22.3 Å². The van der Waals surface area contributed by atoms with Gasteiger partial charge >= 0.3 is 0 Å². The lowest BCUT2D eigenvalue weighted by molar-refractivity contribution is 0.628. The molecule has 0 saturated heterocycles. The molecule has 3 aromatic rings. The Morgan fingerprint density at radius 3 is 2.47 bits per heavy atom. The Balaban J connectivity index is 2.22. The zero-order valence-corrected chi connectivity index (χ0v) is 10.7. The van der Waals surface area contributed by atoms with Gasteiger partial charge in [0.25, 0.3) is 0 Å². The molecule has 1 radical (unpaired) electrons. The largest absolute Gasteiger partial charge is 0.228 e. The first kappa shape index (κ1) is 12.1. The van der Waals surface area contributed by atoms with Crippen LogP contribution in [-0.2, 0) is 0 Å². The number of fused-ring (bicyclic) bond motifs is 1. The molecule has 0 amide bonds. The number of aromatic nitrogens is 2. The molecule has 0 atom stereocenters. The van der Waals surface area contributed by atoms with Gasteiger partial charge in [0.2, 0.25) is 0 Å². The second kappa shape index (κ2) is 4.59. The van der Waals surface area contributed by atoms with E-state index in [1.165, 1.54) is 12.1 Å². The third-order valence-corrected chi connectivity index (χ3v) is 3.11. The van der Waals surface area contributed by atoms with Crippen molar-refractivity contribution in [3.63, 3.8) is 0 Å². The Kier molecular flexibility index (Phi) is 2.91. The highest BCUT2D eigenvalue weighted by molar-refractivity contribution is 6.34. The molecule has 2 aromatic carbocycles. The van der Waals surface area contributed by atoms with Gasteiger partial charge in [-0.3, -0.25) is 0 Å². The molecular weight excluding hydrogens is 263 g/mol. The lowest BCUT2D eigenvalue weighted by Gasteiger charge is -2.05. The summed E-state index contributed by atoms with van der Waals surface area (Å²) >= 11 is 6.15. The summed E-state index contributed by atoms with van der Waals surface area (Å²) in [6.45, 7) is 3.86. The maximum absolute atomic E-state index is 12.9. The molecule has 0 aliphatic carbocycles. The van der Waals surface area contributed by atoms with E-state index < -0.39 is 0 Å². The van der Waals surface area contributed by atoms with E-state index in [2.05, 4.69) is 16.9 Å². The fourth-order valence-corrected chi connectivity index (χ4v) is 2.10. The summed E-state index contributed by atoms with van der Waals surface area (Å²) in [5.41, 5.74) is 2.30. The average Bonchev–Trinajstić information content (AvgIpc) is 2.38. The first-order chi connectivity index (χ1) is 9.13. The van der Waals surface area contributed by atoms with E-state index in [4.69, 9.17) is 11.6 Å². The number of hydrogen-bond acceptors (Lipinski definition) is 2. The number of rotatable bonds is 1. The van der Waals surface area contributed by atoms with E-state index in [-0.39, 0.29) is 5.82 Å². The van der Waals surface area contributed by atoms with Gasteiger partial charge in [0, 0.05) is 10.9 Å². The first-order valence-corrected chi connectivity index (χ1v) is 6.06. The molecule has 0 bridgehead atoms. The van der Waals surface area contributed by atoms with Crippen LogP contribution in [0.15, 0.2) is 42.5 Å². The summed E-state index contributed by atoms with van der Waals surface area (Å²) in [6.07, 6.45) is 0. The van der Waals surface area contributed by atoms with Crippen molar-refractivity contribution in [1.29, 1.82) is 0 Å². The Morgan fingerprint density at radius 1 is 1.00 bits per heavy atom. The Hall–Kier alpha value is -2.00. The van der Waals surface area contributed by atoms with E-state index in [9.17, 15) is 4.39 Å². The number of hydrogen-bond donors (Lipinski definition) is 0. The van der Waals surface area contributed by atoms with Crippen LogP contribution in [-0.4, -0.2) is 9.97 Å². The maximum Gasteiger partial charge on any atom is 0.161 e. The average molecular weight is 272 g/mol. The van der Waals surface area contributed by atoms with Crippen molar-refractivity contribution in [2.75, 3.05) is 0 Å². The molecule has 0 fully saturated rings. The molecule has 93 valence electrons. The molecule has 0 unspecified atom stereocenters. The van der Waals surface area contributed by atoms with Crippen LogP contribution in [0.3, 0.4) is 0 Å². The SMILES string of the molecule is [CH2]c1ccc2c(Cl)nc(-c3ccc(F)cc3)nc2c1. The van der Waals surface area contributed by atoms with Crippen molar-refractivity contribution < 1.29 is 4.39 Å². The second-order valence-corrected chi connectivity index (χ2v) is 4.55. The van der Waals surface area contributed by atoms with Gasteiger partial charge in [0.1, 0.15) is 11.0 Å². The molecule has 0 N–H and O–H groups in total. The first-order valence-electron chi connectivity index (χ1n) is 5.69. The number of nitrogens with zero attached hydrogens (tertiary/aromatic N) is 2. The molecule has 0 aliphatic heterocycles. The second-order valence-electron chi connectivity index (χ2n) is 4.20. The van der Waals surface area contributed by atoms with Crippen LogP contribution >= 0.6 is 11.6 Å². The van der Waals surface area contributed by atoms with Crippen LogP contribution < -0.4 is 0 Å². The normalized spacial score (nSPS) is 10.9. The molecule has 0 saturated carbocycles. The van der Waals surface area contributed by atoms with Crippen LogP contribution in [0.4, 0.5) is 4.39 Å². The van der Waals surface area contributed by atoms with Crippen molar-refractivity contribution in [3.8, 4) is 11.4 Å². The summed E-state index contributed by atoms with van der Waals surface area (Å²) < 4.78 is 12.9. The summed E-state index contributed by atoms with van der Waals surface area (Å²) in [4.78, 5) is 8.68. The highest BCUT2D eigenvalue weighted by Crippen LogP contribution is 2.25. The predicted molar refractivity (Wildman–Crippen MR) is 74.4 cm³/mol. The maximum atomic E-state index is 12.9. The lowest BCUT2D eigenvalue weighted by Crippen LogP contribution is -1.92. The van der Waals surface area contributed by atoms with Gasteiger partial charge in [-0.2, -0.15) is 0 Å². The van der Waals surface area contributed by atoms with Gasteiger partial charge in [0.15, 0.2) is 5.82 Å². The van der Waals surface area contributed by atoms with Crippen molar-refractivity contribution >= 4 is 22.5 Å². The van der Waals surface area contributed by atoms with Crippen molar-refractivity contribution in [3.05, 3.63) is 65.9 Å². The van der Waals surface area contributed by atoms with Crippen LogP contribution in [0.1, 0.15) is 5.56 Å². The Bertz CT molecular complexity index is 754. The highest BCUT2D eigenvalue weighted by atomic mass is 35.5. The smallest absolute Gasteiger partial charge is 0.161 e. The minimum Gasteiger partial charge on any atom is -0.228 e. The summed E-state index contributed by atoms with van der Waals surface area (Å²) in [7, 11) is 0. The summed E-state index contributed by atoms with van der Waals surface area (Å²) in [5.74, 6) is 0.179. The molecule has 1 aromatic heterocycles. The van der Waals surface area contributed by atoms with Crippen LogP contribution in [0.2, 0.25) is 5.15 Å². The molecule has 3 rings (SSSR count). The zero-order valence-electron chi connectivity index (χ0n) is 9.90. The molecule has 0 aliphatic rings. The van der Waals surface area contributed by atoms with Crippen molar-refractivity contribution in [2.24, 2.45) is 0 Å². The monoisotopic (exact) mass is 271 g/mol. The summed E-state index contributed by atoms with van der Waals surface area (Å²) in [6, 6.07) is 11.5. The number of halogens is 2. The fraction of sp³-hybridized carbons (Fsp3) is 0. The molecule has 4 heteroatoms. The van der Waals surface area contributed by atoms with Gasteiger partial charge in [0.05, 0.1) is 5.52 Å². The number of benzene rings is 2. The third-order valence-electron chi connectivity index (χ3n) is 2.82. The topological polar surface area (TPSA) is 25.8 Å². The van der Waals surface area contributed by atoms with E-state index in [1.54, 1.807) is 12.1 Å². The molecule has 0 spiro atoms. The van der Waals surface area contributed by atoms with Crippen molar-refractivity contribution in [2.45, 2.75) is 0 Å². The molecule has 1 heterocycles. The van der Waals surface area contributed by atoms with Gasteiger partial charge in [-0.15, -0.1) is 0 Å². The van der Waals surface area contributed by atoms with Gasteiger partial charge in [-0.05, 0) is 48.9 Å². The Labute approximate surface area is 114 Å². The minimum atomic E-state index is -0.296. The van der Waals surface area contributed by atoms with Crippen LogP contribution in [0, 0.1) is 12.7 Å². The Morgan fingerprint density at radius 2 is 1.74 bits per heavy atom.